The molecule has 3 aromatic rings. The number of nitrogens with one attached hydrogen (secondary N) is 1. The van der Waals surface area contributed by atoms with Crippen molar-refractivity contribution in [2.45, 2.75) is 6.04 Å². The van der Waals surface area contributed by atoms with Crippen molar-refractivity contribution in [3.63, 3.8) is 0 Å². The summed E-state index contributed by atoms with van der Waals surface area (Å²) in [5, 5.41) is 5.51. The van der Waals surface area contributed by atoms with Gasteiger partial charge in [0.2, 0.25) is 0 Å². The van der Waals surface area contributed by atoms with Crippen molar-refractivity contribution in [1.82, 2.24) is 5.32 Å². The molecule has 0 fully saturated rings. The maximum absolute atomic E-state index is 14.0. The minimum absolute atomic E-state index is 0.153. The molecule has 0 aliphatic rings. The Balaban J connectivity index is 2.09. The van der Waals surface area contributed by atoms with E-state index >= 15 is 0 Å². The fourth-order valence-electron chi connectivity index (χ4n) is 2.63. The predicted octanol–water partition coefficient (Wildman–Crippen LogP) is 5.05. The second-order valence-corrected chi connectivity index (χ2v) is 5.91. The molecule has 0 aromatic heterocycles. The summed E-state index contributed by atoms with van der Waals surface area (Å²) < 4.78 is 15.1. The molecule has 0 heterocycles. The van der Waals surface area contributed by atoms with E-state index in [2.05, 4.69) is 45.5 Å². The molecule has 3 aromatic carbocycles. The number of rotatable bonds is 3. The highest BCUT2D eigenvalue weighted by Crippen LogP contribution is 2.28. The quantitative estimate of drug-likeness (QED) is 0.701. The Morgan fingerprint density at radius 1 is 0.952 bits per heavy atom. The van der Waals surface area contributed by atoms with Crippen LogP contribution in [0.1, 0.15) is 17.2 Å². The van der Waals surface area contributed by atoms with E-state index in [1.807, 2.05) is 31.3 Å². The molecule has 3 rings (SSSR count). The van der Waals surface area contributed by atoms with E-state index in [-0.39, 0.29) is 11.9 Å². The summed E-state index contributed by atoms with van der Waals surface area (Å²) in [6.45, 7) is 0. The van der Waals surface area contributed by atoms with Crippen molar-refractivity contribution in [1.29, 1.82) is 0 Å². The zero-order valence-corrected chi connectivity index (χ0v) is 13.2. The minimum atomic E-state index is -0.187. The molecule has 0 saturated carbocycles. The lowest BCUT2D eigenvalue weighted by atomic mass is 9.96. The van der Waals surface area contributed by atoms with Gasteiger partial charge in [0.05, 0.1) is 6.04 Å². The van der Waals surface area contributed by atoms with Crippen LogP contribution in [0.2, 0.25) is 0 Å². The highest BCUT2D eigenvalue weighted by Gasteiger charge is 2.15. The van der Waals surface area contributed by atoms with Gasteiger partial charge in [0.1, 0.15) is 5.82 Å². The van der Waals surface area contributed by atoms with Gasteiger partial charge in [-0.2, -0.15) is 0 Å². The summed E-state index contributed by atoms with van der Waals surface area (Å²) in [6.07, 6.45) is 0. The fraction of sp³-hybridized carbons (Fsp3) is 0.111. The van der Waals surface area contributed by atoms with Gasteiger partial charge < -0.3 is 5.32 Å². The minimum Gasteiger partial charge on any atom is -0.309 e. The van der Waals surface area contributed by atoms with Gasteiger partial charge in [0, 0.05) is 10.0 Å². The summed E-state index contributed by atoms with van der Waals surface area (Å²) in [7, 11) is 1.85. The molecule has 0 aliphatic heterocycles. The number of fused-ring (bicyclic) bond motifs is 1. The molecule has 21 heavy (non-hydrogen) atoms. The molecule has 0 radical (unpaired) electrons. The van der Waals surface area contributed by atoms with E-state index in [0.717, 1.165) is 20.8 Å². The molecular weight excluding hydrogens is 329 g/mol. The Morgan fingerprint density at radius 3 is 2.43 bits per heavy atom. The maximum Gasteiger partial charge on any atom is 0.128 e. The SMILES string of the molecule is CNC(c1ccc2cc(Br)ccc2c1)c1ccccc1F. The lowest BCUT2D eigenvalue weighted by Gasteiger charge is -2.18. The van der Waals surface area contributed by atoms with Crippen molar-refractivity contribution >= 4 is 26.7 Å². The molecule has 1 atom stereocenters. The van der Waals surface area contributed by atoms with E-state index < -0.39 is 0 Å². The molecule has 3 heteroatoms. The third kappa shape index (κ3) is 2.85. The summed E-state index contributed by atoms with van der Waals surface area (Å²) in [6, 6.07) is 19.1. The Kier molecular flexibility index (Phi) is 4.04. The first-order valence-electron chi connectivity index (χ1n) is 6.80. The van der Waals surface area contributed by atoms with Crippen LogP contribution in [0.5, 0.6) is 0 Å². The predicted molar refractivity (Wildman–Crippen MR) is 89.0 cm³/mol. The fourth-order valence-corrected chi connectivity index (χ4v) is 3.00. The van der Waals surface area contributed by atoms with Gasteiger partial charge in [-0.1, -0.05) is 52.3 Å². The molecular formula is C18H15BrFN. The third-order valence-corrected chi connectivity index (χ3v) is 4.16. The van der Waals surface area contributed by atoms with Crippen LogP contribution in [0.4, 0.5) is 4.39 Å². The van der Waals surface area contributed by atoms with Crippen LogP contribution >= 0.6 is 15.9 Å². The monoisotopic (exact) mass is 343 g/mol. The van der Waals surface area contributed by atoms with Crippen LogP contribution < -0.4 is 5.32 Å². The molecule has 0 spiro atoms. The zero-order chi connectivity index (χ0) is 14.8. The largest absolute Gasteiger partial charge is 0.309 e. The summed E-state index contributed by atoms with van der Waals surface area (Å²) in [4.78, 5) is 0. The summed E-state index contributed by atoms with van der Waals surface area (Å²) in [5.74, 6) is -0.187. The second-order valence-electron chi connectivity index (χ2n) is 4.99. The average molecular weight is 344 g/mol. The van der Waals surface area contributed by atoms with E-state index in [9.17, 15) is 4.39 Å². The Labute approximate surface area is 131 Å². The van der Waals surface area contributed by atoms with Crippen molar-refractivity contribution < 1.29 is 4.39 Å². The smallest absolute Gasteiger partial charge is 0.128 e. The standard InChI is InChI=1S/C18H15BrFN/c1-21-18(16-4-2-3-5-17(16)20)14-7-6-13-11-15(19)9-8-12(13)10-14/h2-11,18,21H,1H3. The first kappa shape index (κ1) is 14.2. The van der Waals surface area contributed by atoms with Gasteiger partial charge in [0.25, 0.3) is 0 Å². The van der Waals surface area contributed by atoms with E-state index in [1.165, 1.54) is 6.07 Å². The first-order chi connectivity index (χ1) is 10.2. The highest BCUT2D eigenvalue weighted by atomic mass is 79.9. The van der Waals surface area contributed by atoms with E-state index in [1.54, 1.807) is 6.07 Å². The molecule has 0 aliphatic carbocycles. The van der Waals surface area contributed by atoms with Crippen LogP contribution in [0, 0.1) is 5.82 Å². The normalized spacial score (nSPS) is 12.5. The second kappa shape index (κ2) is 5.96. The van der Waals surface area contributed by atoms with E-state index in [4.69, 9.17) is 0 Å². The lowest BCUT2D eigenvalue weighted by molar-refractivity contribution is 0.576. The maximum atomic E-state index is 14.0. The number of hydrogen-bond acceptors (Lipinski definition) is 1. The number of benzene rings is 3. The van der Waals surface area contributed by atoms with Crippen molar-refractivity contribution in [2.24, 2.45) is 0 Å². The molecule has 106 valence electrons. The molecule has 0 amide bonds. The van der Waals surface area contributed by atoms with Gasteiger partial charge >= 0.3 is 0 Å². The third-order valence-electron chi connectivity index (χ3n) is 3.66. The summed E-state index contributed by atoms with van der Waals surface area (Å²) >= 11 is 3.48. The van der Waals surface area contributed by atoms with Gasteiger partial charge in [-0.3, -0.25) is 0 Å². The van der Waals surface area contributed by atoms with Gasteiger partial charge in [0.15, 0.2) is 0 Å². The van der Waals surface area contributed by atoms with Gasteiger partial charge in [-0.25, -0.2) is 4.39 Å². The number of hydrogen-bond donors (Lipinski definition) is 1. The highest BCUT2D eigenvalue weighted by molar-refractivity contribution is 9.10. The van der Waals surface area contributed by atoms with E-state index in [0.29, 0.717) is 5.56 Å². The van der Waals surface area contributed by atoms with Crippen molar-refractivity contribution in [3.05, 3.63) is 82.1 Å². The van der Waals surface area contributed by atoms with Crippen LogP contribution in [-0.4, -0.2) is 7.05 Å². The lowest BCUT2D eigenvalue weighted by Crippen LogP contribution is -2.18. The number of halogens is 2. The zero-order valence-electron chi connectivity index (χ0n) is 11.6. The Morgan fingerprint density at radius 2 is 1.67 bits per heavy atom. The molecule has 0 saturated heterocycles. The molecule has 1 nitrogen and oxygen atoms in total. The van der Waals surface area contributed by atoms with Gasteiger partial charge in [-0.15, -0.1) is 0 Å². The van der Waals surface area contributed by atoms with Crippen molar-refractivity contribution in [3.8, 4) is 0 Å². The summed E-state index contributed by atoms with van der Waals surface area (Å²) in [5.41, 5.74) is 1.72. The molecule has 1 N–H and O–H groups in total. The van der Waals surface area contributed by atoms with Gasteiger partial charge in [-0.05, 0) is 47.6 Å². The van der Waals surface area contributed by atoms with Crippen molar-refractivity contribution in [2.75, 3.05) is 7.05 Å². The first-order valence-corrected chi connectivity index (χ1v) is 7.59. The van der Waals surface area contributed by atoms with Crippen LogP contribution in [0.3, 0.4) is 0 Å². The Bertz CT molecular complexity index is 785. The average Bonchev–Trinajstić information content (AvgIpc) is 2.50. The van der Waals surface area contributed by atoms with Crippen LogP contribution in [0.25, 0.3) is 10.8 Å². The topological polar surface area (TPSA) is 12.0 Å². The van der Waals surface area contributed by atoms with Crippen LogP contribution in [0.15, 0.2) is 65.1 Å². The Hall–Kier alpha value is -1.71. The molecule has 0 bridgehead atoms. The van der Waals surface area contributed by atoms with Crippen LogP contribution in [-0.2, 0) is 0 Å². The molecule has 1 unspecified atom stereocenters.